The molecule has 0 saturated carbocycles. The number of carbonyl (C=O) groups excluding carboxylic acids is 2. The third-order valence-electron chi connectivity index (χ3n) is 10.3. The molecule has 290 valence electrons. The van der Waals surface area contributed by atoms with Crippen molar-refractivity contribution in [2.75, 3.05) is 17.3 Å². The Hall–Kier alpha value is -5.26. The number of H-pyrrole nitrogens is 1. The number of halogens is 2. The smallest absolute Gasteiger partial charge is 0.346 e. The summed E-state index contributed by atoms with van der Waals surface area (Å²) in [6.45, 7) is 15.0. The second-order valence-corrected chi connectivity index (χ2v) is 15.4. The van der Waals surface area contributed by atoms with Crippen molar-refractivity contribution in [3.05, 3.63) is 117 Å². The van der Waals surface area contributed by atoms with Gasteiger partial charge < -0.3 is 20.5 Å². The van der Waals surface area contributed by atoms with Crippen LogP contribution in [0.2, 0.25) is 10.0 Å². The van der Waals surface area contributed by atoms with Crippen molar-refractivity contribution in [1.82, 2.24) is 9.78 Å². The minimum Gasteiger partial charge on any atom is -0.497 e. The van der Waals surface area contributed by atoms with Gasteiger partial charge in [0.2, 0.25) is 5.82 Å². The Morgan fingerprint density at radius 3 is 2.16 bits per heavy atom. The number of nitrogens with zero attached hydrogens (tertiary/aromatic N) is 3. The highest BCUT2D eigenvalue weighted by Gasteiger charge is 2.33. The van der Waals surface area contributed by atoms with Crippen molar-refractivity contribution < 1.29 is 23.6 Å². The molecule has 1 atom stereocenters. The minimum atomic E-state index is -0.905. The number of methoxy groups -OCH3 is 1. The highest BCUT2D eigenvalue weighted by molar-refractivity contribution is 6.38. The normalized spacial score (nSPS) is 12.3. The van der Waals surface area contributed by atoms with Gasteiger partial charge in [-0.15, -0.1) is 0 Å². The molecule has 0 radical (unpaired) electrons. The average molecular weight is 789 g/mol. The zero-order chi connectivity index (χ0) is 40.2. The summed E-state index contributed by atoms with van der Waals surface area (Å²) in [5, 5.41) is 6.21. The average Bonchev–Trinajstić information content (AvgIpc) is 3.48. The third kappa shape index (κ3) is 8.53. The molecule has 1 unspecified atom stereocenters. The molecular weight excluding hydrogens is 739 g/mol. The van der Waals surface area contributed by atoms with Crippen LogP contribution in [0.25, 0.3) is 11.4 Å². The molecule has 13 heteroatoms. The number of aromatic nitrogens is 3. The molecule has 0 aliphatic rings. The molecule has 11 nitrogen and oxygen atoms in total. The van der Waals surface area contributed by atoms with Gasteiger partial charge in [0.1, 0.15) is 17.2 Å². The standard InChI is InChI=1S/C42H48Cl2N6O5/c1-9-33(55-34-19-18-26(41(4,5)10-2)22-30(34)42(6,7)11-3)38(51)46-27-16-15-17-28(23-27)49(40(45)53)37-36(48-20-13-12-14-21-48)39(52)50(47-37)35-31(43)24-29(54-8)25-32(35)44/h12-25,33H,9-11H2,1-8H3,(H3-,45,46,47,51,52,53)/p+1. The number of primary amides is 1. The van der Waals surface area contributed by atoms with Gasteiger partial charge in [0.25, 0.3) is 5.91 Å². The number of hydrogen-bond acceptors (Lipinski definition) is 5. The summed E-state index contributed by atoms with van der Waals surface area (Å²) in [6.07, 6.45) is 4.74. The first kappa shape index (κ1) is 40.9. The van der Waals surface area contributed by atoms with Crippen LogP contribution in [-0.4, -0.2) is 34.9 Å². The lowest BCUT2D eigenvalue weighted by Crippen LogP contribution is -2.39. The molecule has 3 aromatic carbocycles. The number of ether oxygens (including phenoxy) is 2. The lowest BCUT2D eigenvalue weighted by atomic mass is 9.76. The number of nitrogens with two attached hydrogens (primary N) is 1. The van der Waals surface area contributed by atoms with Crippen LogP contribution >= 0.6 is 23.2 Å². The fraction of sp³-hybridized carbons (Fsp3) is 0.333. The van der Waals surface area contributed by atoms with Crippen LogP contribution in [0.15, 0.2) is 90.0 Å². The summed E-state index contributed by atoms with van der Waals surface area (Å²) in [4.78, 5) is 42.5. The van der Waals surface area contributed by atoms with Crippen molar-refractivity contribution in [3.8, 4) is 22.9 Å². The second-order valence-electron chi connectivity index (χ2n) is 14.6. The van der Waals surface area contributed by atoms with E-state index in [0.29, 0.717) is 23.6 Å². The molecule has 3 amide bonds. The van der Waals surface area contributed by atoms with Gasteiger partial charge >= 0.3 is 17.3 Å². The van der Waals surface area contributed by atoms with Gasteiger partial charge in [-0.2, -0.15) is 4.57 Å². The predicted molar refractivity (Wildman–Crippen MR) is 219 cm³/mol. The first-order valence-electron chi connectivity index (χ1n) is 18.2. The quantitative estimate of drug-likeness (QED) is 0.0965. The molecule has 0 bridgehead atoms. The van der Waals surface area contributed by atoms with E-state index < -0.39 is 17.7 Å². The minimum absolute atomic E-state index is 0.0194. The van der Waals surface area contributed by atoms with E-state index in [1.165, 1.54) is 24.8 Å². The van der Waals surface area contributed by atoms with E-state index in [-0.39, 0.29) is 49.7 Å². The van der Waals surface area contributed by atoms with Crippen molar-refractivity contribution in [2.24, 2.45) is 5.73 Å². The summed E-state index contributed by atoms with van der Waals surface area (Å²) in [7, 11) is 1.47. The van der Waals surface area contributed by atoms with E-state index in [0.717, 1.165) is 28.0 Å². The van der Waals surface area contributed by atoms with Crippen LogP contribution in [0.1, 0.15) is 78.9 Å². The van der Waals surface area contributed by atoms with Gasteiger partial charge in [-0.1, -0.05) is 95.9 Å². The highest BCUT2D eigenvalue weighted by atomic mass is 35.5. The lowest BCUT2D eigenvalue weighted by molar-refractivity contribution is -0.595. The van der Waals surface area contributed by atoms with Gasteiger partial charge in [-0.25, -0.2) is 14.4 Å². The molecular formula is C42H49Cl2N6O5+. The number of benzene rings is 3. The Balaban J connectivity index is 1.52. The Bertz CT molecular complexity index is 2230. The van der Waals surface area contributed by atoms with Gasteiger partial charge in [0, 0.05) is 35.5 Å². The molecule has 5 aromatic rings. The molecule has 0 aliphatic carbocycles. The molecule has 4 N–H and O–H groups in total. The number of carbonyl (C=O) groups is 2. The number of amides is 3. The van der Waals surface area contributed by atoms with E-state index in [4.69, 9.17) is 38.4 Å². The Kier molecular flexibility index (Phi) is 12.4. The van der Waals surface area contributed by atoms with E-state index in [9.17, 15) is 14.4 Å². The largest absolute Gasteiger partial charge is 0.497 e. The van der Waals surface area contributed by atoms with Gasteiger partial charge in [0.15, 0.2) is 18.5 Å². The second kappa shape index (κ2) is 16.6. The molecule has 0 aliphatic heterocycles. The zero-order valence-corrected chi connectivity index (χ0v) is 34.0. The number of nitrogens with one attached hydrogen (secondary N) is 2. The van der Waals surface area contributed by atoms with E-state index >= 15 is 0 Å². The van der Waals surface area contributed by atoms with Crippen LogP contribution in [0.4, 0.5) is 22.0 Å². The van der Waals surface area contributed by atoms with Crippen LogP contribution in [-0.2, 0) is 15.6 Å². The fourth-order valence-corrected chi connectivity index (χ4v) is 6.79. The maximum absolute atomic E-state index is 14.2. The summed E-state index contributed by atoms with van der Waals surface area (Å²) in [5.74, 6) is 0.710. The molecule has 2 aromatic heterocycles. The van der Waals surface area contributed by atoms with E-state index in [1.807, 2.05) is 13.0 Å². The summed E-state index contributed by atoms with van der Waals surface area (Å²) < 4.78 is 14.5. The van der Waals surface area contributed by atoms with Gasteiger partial charge in [-0.05, 0) is 59.9 Å². The van der Waals surface area contributed by atoms with Crippen LogP contribution in [0.5, 0.6) is 11.5 Å². The summed E-state index contributed by atoms with van der Waals surface area (Å²) >= 11 is 13.2. The number of pyridine rings is 1. The number of hydrogen-bond donors (Lipinski definition) is 3. The number of aromatic amines is 1. The maximum Gasteiger partial charge on any atom is 0.346 e. The molecule has 55 heavy (non-hydrogen) atoms. The van der Waals surface area contributed by atoms with Crippen molar-refractivity contribution >= 4 is 52.3 Å². The van der Waals surface area contributed by atoms with Crippen LogP contribution < -0.4 is 35.6 Å². The Morgan fingerprint density at radius 1 is 0.927 bits per heavy atom. The summed E-state index contributed by atoms with van der Waals surface area (Å²) in [6, 6.07) is 20.2. The lowest BCUT2D eigenvalue weighted by Gasteiger charge is -2.31. The first-order chi connectivity index (χ1) is 26.1. The molecule has 0 fully saturated rings. The summed E-state index contributed by atoms with van der Waals surface area (Å²) in [5.41, 5.74) is 8.33. The number of anilines is 3. The van der Waals surface area contributed by atoms with Crippen LogP contribution in [0, 0.1) is 0 Å². The van der Waals surface area contributed by atoms with E-state index in [1.54, 1.807) is 59.4 Å². The molecule has 5 rings (SSSR count). The number of rotatable bonds is 14. The van der Waals surface area contributed by atoms with Crippen LogP contribution in [0.3, 0.4) is 0 Å². The van der Waals surface area contributed by atoms with Crippen molar-refractivity contribution in [2.45, 2.75) is 84.7 Å². The molecule has 0 spiro atoms. The topological polar surface area (TPSA) is 136 Å². The number of urea groups is 1. The SMILES string of the molecule is CCC(Oc1ccc(C(C)(C)CC)cc1C(C)(C)CC)C(=O)Nc1cccc(N(C(N)=O)c2[nH]n(-c3c(Cl)cc(OC)cc3Cl)c(=O)c2-[n+]2ccccc2)c1. The predicted octanol–water partition coefficient (Wildman–Crippen LogP) is 9.15. The van der Waals surface area contributed by atoms with Crippen molar-refractivity contribution in [1.29, 1.82) is 0 Å². The first-order valence-corrected chi connectivity index (χ1v) is 19.0. The van der Waals surface area contributed by atoms with Gasteiger partial charge in [-0.3, -0.25) is 14.7 Å². The zero-order valence-electron chi connectivity index (χ0n) is 32.5. The third-order valence-corrected chi connectivity index (χ3v) is 10.9. The fourth-order valence-electron chi connectivity index (χ4n) is 6.15. The molecule has 0 saturated heterocycles. The Morgan fingerprint density at radius 2 is 1.58 bits per heavy atom. The van der Waals surface area contributed by atoms with Gasteiger partial charge in [0.05, 0.1) is 22.8 Å². The maximum atomic E-state index is 14.2. The van der Waals surface area contributed by atoms with Crippen molar-refractivity contribution in [3.63, 3.8) is 0 Å². The Labute approximate surface area is 332 Å². The highest BCUT2D eigenvalue weighted by Crippen LogP contribution is 2.39. The molecule has 2 heterocycles. The van der Waals surface area contributed by atoms with E-state index in [2.05, 4.69) is 64.1 Å². The monoisotopic (exact) mass is 787 g/mol.